The minimum atomic E-state index is 0.321. The van der Waals surface area contributed by atoms with Gasteiger partial charge >= 0.3 is 0 Å². The van der Waals surface area contributed by atoms with Crippen molar-refractivity contribution in [1.82, 2.24) is 4.90 Å². The summed E-state index contributed by atoms with van der Waals surface area (Å²) in [7, 11) is 0. The van der Waals surface area contributed by atoms with Crippen molar-refractivity contribution < 1.29 is 4.79 Å². The molecule has 0 saturated carbocycles. The first-order valence-corrected chi connectivity index (χ1v) is 4.93. The molecule has 1 aliphatic rings. The Bertz CT molecular complexity index is 156. The second-order valence-corrected chi connectivity index (χ2v) is 3.83. The van der Waals surface area contributed by atoms with Crippen molar-refractivity contribution in [2.45, 2.75) is 45.6 Å². The molecule has 70 valence electrons. The second-order valence-electron chi connectivity index (χ2n) is 3.83. The third-order valence-electron chi connectivity index (χ3n) is 2.66. The van der Waals surface area contributed by atoms with Crippen LogP contribution < -0.4 is 0 Å². The van der Waals surface area contributed by atoms with Crippen LogP contribution in [-0.2, 0) is 4.79 Å². The molecule has 0 radical (unpaired) electrons. The van der Waals surface area contributed by atoms with E-state index in [1.54, 1.807) is 6.92 Å². The molecule has 0 aromatic rings. The van der Waals surface area contributed by atoms with E-state index in [2.05, 4.69) is 11.8 Å². The smallest absolute Gasteiger partial charge is 0.129 e. The molecule has 0 aliphatic carbocycles. The highest BCUT2D eigenvalue weighted by atomic mass is 16.1. The molecule has 1 atom stereocenters. The van der Waals surface area contributed by atoms with Gasteiger partial charge < -0.3 is 9.69 Å². The van der Waals surface area contributed by atoms with E-state index in [0.29, 0.717) is 5.78 Å². The third-order valence-corrected chi connectivity index (χ3v) is 2.66. The molecular formula is C10H19NO. The van der Waals surface area contributed by atoms with Crippen LogP contribution in [0.25, 0.3) is 0 Å². The SMILES string of the molecule is CC(=O)CCCN1CCC[C@@H]1C. The van der Waals surface area contributed by atoms with Crippen molar-refractivity contribution in [2.75, 3.05) is 13.1 Å². The number of rotatable bonds is 4. The lowest BCUT2D eigenvalue weighted by Gasteiger charge is -2.20. The van der Waals surface area contributed by atoms with E-state index in [4.69, 9.17) is 0 Å². The molecule has 12 heavy (non-hydrogen) atoms. The maximum Gasteiger partial charge on any atom is 0.129 e. The van der Waals surface area contributed by atoms with Crippen LogP contribution in [0.2, 0.25) is 0 Å². The number of carbonyl (C=O) groups is 1. The molecule has 0 N–H and O–H groups in total. The fourth-order valence-corrected chi connectivity index (χ4v) is 1.86. The average molecular weight is 169 g/mol. The van der Waals surface area contributed by atoms with Gasteiger partial charge in [0.25, 0.3) is 0 Å². The summed E-state index contributed by atoms with van der Waals surface area (Å²) in [6, 6.07) is 0.747. The molecule has 1 aliphatic heterocycles. The zero-order valence-electron chi connectivity index (χ0n) is 8.18. The predicted octanol–water partition coefficient (Wildman–Crippen LogP) is 1.84. The Morgan fingerprint density at radius 2 is 2.33 bits per heavy atom. The fourth-order valence-electron chi connectivity index (χ4n) is 1.86. The lowest BCUT2D eigenvalue weighted by atomic mass is 10.2. The Kier molecular flexibility index (Phi) is 3.73. The summed E-state index contributed by atoms with van der Waals surface area (Å²) in [6.07, 6.45) is 4.46. The number of nitrogens with zero attached hydrogens (tertiary/aromatic N) is 1. The highest BCUT2D eigenvalue weighted by Gasteiger charge is 2.18. The monoisotopic (exact) mass is 169 g/mol. The van der Waals surface area contributed by atoms with Gasteiger partial charge in [-0.25, -0.2) is 0 Å². The zero-order valence-corrected chi connectivity index (χ0v) is 8.18. The van der Waals surface area contributed by atoms with Gasteiger partial charge in [0.1, 0.15) is 5.78 Å². The van der Waals surface area contributed by atoms with Crippen LogP contribution in [0.3, 0.4) is 0 Å². The molecular weight excluding hydrogens is 150 g/mol. The standard InChI is InChI=1S/C10H19NO/c1-9-5-3-7-11(9)8-4-6-10(2)12/h9H,3-8H2,1-2H3/t9-/m0/s1. The first kappa shape index (κ1) is 9.72. The lowest BCUT2D eigenvalue weighted by Crippen LogP contribution is -2.28. The number of hydrogen-bond acceptors (Lipinski definition) is 2. The van der Waals surface area contributed by atoms with Gasteiger partial charge in [-0.05, 0) is 46.2 Å². The molecule has 1 heterocycles. The van der Waals surface area contributed by atoms with Gasteiger partial charge in [0.05, 0.1) is 0 Å². The summed E-state index contributed by atoms with van der Waals surface area (Å²) in [5, 5.41) is 0. The second kappa shape index (κ2) is 4.61. The Morgan fingerprint density at radius 1 is 1.58 bits per heavy atom. The molecule has 1 saturated heterocycles. The predicted molar refractivity (Wildman–Crippen MR) is 50.2 cm³/mol. The number of carbonyl (C=O) groups excluding carboxylic acids is 1. The largest absolute Gasteiger partial charge is 0.301 e. The molecule has 0 aromatic heterocycles. The maximum absolute atomic E-state index is 10.7. The average Bonchev–Trinajstić information content (AvgIpc) is 2.36. The highest BCUT2D eigenvalue weighted by Crippen LogP contribution is 2.16. The van der Waals surface area contributed by atoms with Crippen molar-refractivity contribution in [3.8, 4) is 0 Å². The maximum atomic E-state index is 10.7. The van der Waals surface area contributed by atoms with Crippen LogP contribution in [0.4, 0.5) is 0 Å². The van der Waals surface area contributed by atoms with Gasteiger partial charge in [-0.15, -0.1) is 0 Å². The van der Waals surface area contributed by atoms with E-state index in [0.717, 1.165) is 25.4 Å². The Labute approximate surface area is 74.9 Å². The molecule has 2 nitrogen and oxygen atoms in total. The van der Waals surface area contributed by atoms with Crippen LogP contribution in [0.5, 0.6) is 0 Å². The van der Waals surface area contributed by atoms with E-state index >= 15 is 0 Å². The van der Waals surface area contributed by atoms with Crippen molar-refractivity contribution in [2.24, 2.45) is 0 Å². The van der Waals surface area contributed by atoms with E-state index in [1.807, 2.05) is 0 Å². The number of hydrogen-bond donors (Lipinski definition) is 0. The van der Waals surface area contributed by atoms with Crippen LogP contribution in [-0.4, -0.2) is 29.8 Å². The molecule has 0 bridgehead atoms. The first-order chi connectivity index (χ1) is 5.70. The van der Waals surface area contributed by atoms with Gasteiger partial charge in [0, 0.05) is 12.5 Å². The van der Waals surface area contributed by atoms with Gasteiger partial charge in [0.15, 0.2) is 0 Å². The van der Waals surface area contributed by atoms with Crippen molar-refractivity contribution in [1.29, 1.82) is 0 Å². The van der Waals surface area contributed by atoms with Crippen LogP contribution in [0, 0.1) is 0 Å². The Hall–Kier alpha value is -0.370. The summed E-state index contributed by atoms with van der Waals surface area (Å²) in [4.78, 5) is 13.2. The molecule has 0 amide bonds. The molecule has 0 unspecified atom stereocenters. The van der Waals surface area contributed by atoms with Crippen molar-refractivity contribution in [3.05, 3.63) is 0 Å². The van der Waals surface area contributed by atoms with Crippen molar-refractivity contribution >= 4 is 5.78 Å². The molecule has 1 fully saturated rings. The summed E-state index contributed by atoms with van der Waals surface area (Å²) in [6.45, 7) is 6.30. The number of Topliss-reactive ketones (excluding diaryl/α,β-unsaturated/α-hetero) is 1. The van der Waals surface area contributed by atoms with Crippen LogP contribution in [0.15, 0.2) is 0 Å². The summed E-state index contributed by atoms with van der Waals surface area (Å²) in [5.74, 6) is 0.321. The first-order valence-electron chi connectivity index (χ1n) is 4.93. The van der Waals surface area contributed by atoms with Crippen LogP contribution >= 0.6 is 0 Å². The third kappa shape index (κ3) is 2.94. The summed E-state index contributed by atoms with van der Waals surface area (Å²) >= 11 is 0. The molecule has 0 aromatic carbocycles. The number of ketones is 1. The Balaban J connectivity index is 2.10. The summed E-state index contributed by atoms with van der Waals surface area (Å²) in [5.41, 5.74) is 0. The summed E-state index contributed by atoms with van der Waals surface area (Å²) < 4.78 is 0. The van der Waals surface area contributed by atoms with Crippen LogP contribution in [0.1, 0.15) is 39.5 Å². The molecule has 1 rings (SSSR count). The van der Waals surface area contributed by atoms with E-state index in [-0.39, 0.29) is 0 Å². The zero-order chi connectivity index (χ0) is 8.97. The normalized spacial score (nSPS) is 24.7. The molecule has 0 spiro atoms. The lowest BCUT2D eigenvalue weighted by molar-refractivity contribution is -0.117. The van der Waals surface area contributed by atoms with E-state index in [1.165, 1.54) is 19.4 Å². The van der Waals surface area contributed by atoms with E-state index in [9.17, 15) is 4.79 Å². The molecule has 2 heteroatoms. The quantitative estimate of drug-likeness (QED) is 0.640. The van der Waals surface area contributed by atoms with Gasteiger partial charge in [-0.2, -0.15) is 0 Å². The fraction of sp³-hybridized carbons (Fsp3) is 0.900. The van der Waals surface area contributed by atoms with Crippen molar-refractivity contribution in [3.63, 3.8) is 0 Å². The Morgan fingerprint density at radius 3 is 2.83 bits per heavy atom. The van der Waals surface area contributed by atoms with E-state index < -0.39 is 0 Å². The minimum absolute atomic E-state index is 0.321. The van der Waals surface area contributed by atoms with Gasteiger partial charge in [0.2, 0.25) is 0 Å². The minimum Gasteiger partial charge on any atom is -0.301 e. The van der Waals surface area contributed by atoms with Gasteiger partial charge in [-0.3, -0.25) is 0 Å². The topological polar surface area (TPSA) is 20.3 Å². The van der Waals surface area contributed by atoms with Gasteiger partial charge in [-0.1, -0.05) is 0 Å². The number of likely N-dealkylation sites (tertiary alicyclic amines) is 1. The highest BCUT2D eigenvalue weighted by molar-refractivity contribution is 5.75.